The molecule has 5 nitrogen and oxygen atoms in total. The number of amides is 1. The highest BCUT2D eigenvalue weighted by atomic mass is 35.5. The molecule has 0 spiro atoms. The van der Waals surface area contributed by atoms with E-state index in [4.69, 9.17) is 0 Å². The molecular weight excluding hydrogens is 288 g/mol. The number of hydrogen-bond acceptors (Lipinski definition) is 4. The van der Waals surface area contributed by atoms with Crippen molar-refractivity contribution in [2.75, 3.05) is 53.4 Å². The van der Waals surface area contributed by atoms with E-state index in [1.165, 1.54) is 45.2 Å². The van der Waals surface area contributed by atoms with Gasteiger partial charge in [0.2, 0.25) is 5.91 Å². The first-order valence-corrected chi connectivity index (χ1v) is 8.01. The molecule has 2 aliphatic rings. The van der Waals surface area contributed by atoms with Crippen molar-refractivity contribution >= 4 is 18.3 Å². The van der Waals surface area contributed by atoms with Crippen LogP contribution in [0.5, 0.6) is 0 Å². The molecule has 2 N–H and O–H groups in total. The number of likely N-dealkylation sites (tertiary alicyclic amines) is 2. The van der Waals surface area contributed by atoms with E-state index < -0.39 is 0 Å². The lowest BCUT2D eigenvalue weighted by Gasteiger charge is -2.50. The van der Waals surface area contributed by atoms with Crippen LogP contribution < -0.4 is 10.6 Å². The third-order valence-electron chi connectivity index (χ3n) is 4.90. The molecule has 1 amide bonds. The van der Waals surface area contributed by atoms with Gasteiger partial charge in [0, 0.05) is 12.1 Å². The minimum atomic E-state index is 0. The molecule has 2 fully saturated rings. The Kier molecular flexibility index (Phi) is 7.95. The molecule has 0 aromatic carbocycles. The molecule has 2 aliphatic heterocycles. The summed E-state index contributed by atoms with van der Waals surface area (Å²) in [5, 5.41) is 6.07. The molecule has 0 aliphatic carbocycles. The van der Waals surface area contributed by atoms with Crippen molar-refractivity contribution in [3.63, 3.8) is 0 Å². The molecule has 2 rings (SSSR count). The number of carbonyl (C=O) groups excluding carboxylic acids is 1. The second kappa shape index (κ2) is 8.93. The first kappa shape index (κ1) is 18.7. The van der Waals surface area contributed by atoms with Crippen molar-refractivity contribution in [3.05, 3.63) is 0 Å². The third-order valence-corrected chi connectivity index (χ3v) is 4.90. The largest absolute Gasteiger partial charge is 0.353 e. The summed E-state index contributed by atoms with van der Waals surface area (Å²) in [7, 11) is 4.01. The van der Waals surface area contributed by atoms with Gasteiger partial charge in [-0.15, -0.1) is 12.4 Å². The monoisotopic (exact) mass is 318 g/mol. The van der Waals surface area contributed by atoms with Gasteiger partial charge in [0.15, 0.2) is 0 Å². The lowest BCUT2D eigenvalue weighted by atomic mass is 9.84. The number of carbonyl (C=O) groups is 1. The van der Waals surface area contributed by atoms with E-state index in [1.54, 1.807) is 0 Å². The minimum Gasteiger partial charge on any atom is -0.353 e. The van der Waals surface area contributed by atoms with Crippen LogP contribution in [0.3, 0.4) is 0 Å². The highest BCUT2D eigenvalue weighted by molar-refractivity contribution is 5.85. The van der Waals surface area contributed by atoms with E-state index in [0.717, 1.165) is 19.6 Å². The first-order valence-electron chi connectivity index (χ1n) is 8.01. The van der Waals surface area contributed by atoms with Gasteiger partial charge in [-0.1, -0.05) is 6.42 Å². The summed E-state index contributed by atoms with van der Waals surface area (Å²) in [6, 6.07) is 0. The number of nitrogens with one attached hydrogen (secondary N) is 2. The Labute approximate surface area is 135 Å². The fourth-order valence-corrected chi connectivity index (χ4v) is 3.49. The Bertz CT molecular complexity index is 313. The second-order valence-corrected chi connectivity index (χ2v) is 6.38. The molecule has 0 aromatic rings. The maximum atomic E-state index is 11.8. The van der Waals surface area contributed by atoms with Gasteiger partial charge in [0.1, 0.15) is 0 Å². The molecule has 0 aromatic heterocycles. The fourth-order valence-electron chi connectivity index (χ4n) is 3.49. The summed E-state index contributed by atoms with van der Waals surface area (Å²) in [4.78, 5) is 16.8. The predicted molar refractivity (Wildman–Crippen MR) is 89.1 cm³/mol. The van der Waals surface area contributed by atoms with Crippen molar-refractivity contribution in [2.24, 2.45) is 0 Å². The lowest BCUT2D eigenvalue weighted by molar-refractivity contribution is -0.121. The normalized spacial score (nSPS) is 23.3. The average molecular weight is 319 g/mol. The van der Waals surface area contributed by atoms with Crippen LogP contribution >= 0.6 is 12.4 Å². The van der Waals surface area contributed by atoms with E-state index in [1.807, 2.05) is 7.05 Å². The molecule has 2 heterocycles. The van der Waals surface area contributed by atoms with E-state index >= 15 is 0 Å². The van der Waals surface area contributed by atoms with Crippen LogP contribution in [0, 0.1) is 0 Å². The van der Waals surface area contributed by atoms with Gasteiger partial charge < -0.3 is 15.5 Å². The first-order chi connectivity index (χ1) is 9.66. The molecule has 124 valence electrons. The highest BCUT2D eigenvalue weighted by Crippen LogP contribution is 2.30. The zero-order valence-electron chi connectivity index (χ0n) is 13.5. The van der Waals surface area contributed by atoms with Gasteiger partial charge >= 0.3 is 0 Å². The molecular formula is C15H31ClN4O. The standard InChI is InChI=1S/C15H30N4O.ClH/c1-16-12-14(20)17-13-15(6-10-18(2)11-7-15)19-8-4-3-5-9-19;/h16H,3-13H2,1-2H3,(H,17,20);1H. The summed E-state index contributed by atoms with van der Waals surface area (Å²) in [6.45, 7) is 5.89. The molecule has 0 atom stereocenters. The van der Waals surface area contributed by atoms with Crippen LogP contribution in [0.2, 0.25) is 0 Å². The van der Waals surface area contributed by atoms with Crippen LogP contribution in [0.1, 0.15) is 32.1 Å². The number of piperidine rings is 2. The summed E-state index contributed by atoms with van der Waals surface area (Å²) in [5.41, 5.74) is 0.191. The van der Waals surface area contributed by atoms with Gasteiger partial charge in [-0.05, 0) is 66.0 Å². The van der Waals surface area contributed by atoms with Crippen LogP contribution in [-0.4, -0.2) is 74.6 Å². The van der Waals surface area contributed by atoms with Crippen LogP contribution in [-0.2, 0) is 4.79 Å². The maximum Gasteiger partial charge on any atom is 0.234 e. The summed E-state index contributed by atoms with van der Waals surface area (Å²) in [6.07, 6.45) is 6.31. The van der Waals surface area contributed by atoms with E-state index in [-0.39, 0.29) is 23.9 Å². The Morgan fingerprint density at radius 1 is 1.10 bits per heavy atom. The van der Waals surface area contributed by atoms with Crippen molar-refractivity contribution in [2.45, 2.75) is 37.6 Å². The van der Waals surface area contributed by atoms with E-state index in [9.17, 15) is 4.79 Å². The van der Waals surface area contributed by atoms with Crippen molar-refractivity contribution in [1.82, 2.24) is 20.4 Å². The summed E-state index contributed by atoms with van der Waals surface area (Å²) < 4.78 is 0. The zero-order chi connectivity index (χ0) is 14.4. The van der Waals surface area contributed by atoms with Crippen LogP contribution in [0.25, 0.3) is 0 Å². The molecule has 6 heteroatoms. The Morgan fingerprint density at radius 3 is 2.29 bits per heavy atom. The summed E-state index contributed by atoms with van der Waals surface area (Å²) in [5.74, 6) is 0.114. The van der Waals surface area contributed by atoms with Crippen molar-refractivity contribution in [1.29, 1.82) is 0 Å². The van der Waals surface area contributed by atoms with Crippen LogP contribution in [0.4, 0.5) is 0 Å². The molecule has 0 radical (unpaired) electrons. The molecule has 0 saturated carbocycles. The van der Waals surface area contributed by atoms with Gasteiger partial charge in [-0.3, -0.25) is 9.69 Å². The Hall–Kier alpha value is -0.360. The van der Waals surface area contributed by atoms with Gasteiger partial charge in [-0.25, -0.2) is 0 Å². The molecule has 0 bridgehead atoms. The zero-order valence-corrected chi connectivity index (χ0v) is 14.3. The third kappa shape index (κ3) is 5.09. The van der Waals surface area contributed by atoms with Gasteiger partial charge in [0.25, 0.3) is 0 Å². The molecule has 2 saturated heterocycles. The van der Waals surface area contributed by atoms with E-state index in [0.29, 0.717) is 6.54 Å². The minimum absolute atomic E-state index is 0. The molecule has 0 unspecified atom stereocenters. The number of nitrogens with zero attached hydrogens (tertiary/aromatic N) is 2. The Balaban J connectivity index is 0.00000220. The van der Waals surface area contributed by atoms with Gasteiger partial charge in [0.05, 0.1) is 6.54 Å². The van der Waals surface area contributed by atoms with Gasteiger partial charge in [-0.2, -0.15) is 0 Å². The number of rotatable bonds is 5. The second-order valence-electron chi connectivity index (χ2n) is 6.38. The Morgan fingerprint density at radius 2 is 1.71 bits per heavy atom. The topological polar surface area (TPSA) is 47.6 Å². The van der Waals surface area contributed by atoms with Crippen LogP contribution in [0.15, 0.2) is 0 Å². The number of likely N-dealkylation sites (N-methyl/N-ethyl adjacent to an activating group) is 1. The molecule has 21 heavy (non-hydrogen) atoms. The predicted octanol–water partition coefficient (Wildman–Crippen LogP) is 0.694. The maximum absolute atomic E-state index is 11.8. The smallest absolute Gasteiger partial charge is 0.234 e. The SMILES string of the molecule is CNCC(=O)NCC1(N2CCCCC2)CCN(C)CC1.Cl. The van der Waals surface area contributed by atoms with Crippen molar-refractivity contribution in [3.8, 4) is 0 Å². The summed E-state index contributed by atoms with van der Waals surface area (Å²) >= 11 is 0. The quantitative estimate of drug-likeness (QED) is 0.783. The fraction of sp³-hybridized carbons (Fsp3) is 0.933. The van der Waals surface area contributed by atoms with E-state index in [2.05, 4.69) is 27.5 Å². The average Bonchev–Trinajstić information content (AvgIpc) is 2.48. The van der Waals surface area contributed by atoms with Crippen molar-refractivity contribution < 1.29 is 4.79 Å². The highest BCUT2D eigenvalue weighted by Gasteiger charge is 2.39. The number of hydrogen-bond donors (Lipinski definition) is 2. The lowest BCUT2D eigenvalue weighted by Crippen LogP contribution is -2.61. The number of halogens is 1.